The van der Waals surface area contributed by atoms with Crippen molar-refractivity contribution in [3.05, 3.63) is 42.5 Å². The summed E-state index contributed by atoms with van der Waals surface area (Å²) in [5.74, 6) is -2.36. The molecule has 0 radical (unpaired) electrons. The van der Waals surface area contributed by atoms with Gasteiger partial charge >= 0.3 is 6.08 Å². The van der Waals surface area contributed by atoms with Gasteiger partial charge in [-0.1, -0.05) is 0 Å². The van der Waals surface area contributed by atoms with Crippen LogP contribution in [-0.4, -0.2) is 66.1 Å². The summed E-state index contributed by atoms with van der Waals surface area (Å²) in [4.78, 5) is 7.13. The molecule has 4 rings (SSSR count). The molecule has 1 aromatic heterocycles. The second kappa shape index (κ2) is 10.7. The molecule has 18 nitrogen and oxygen atoms in total. The van der Waals surface area contributed by atoms with Crippen molar-refractivity contribution in [3.63, 3.8) is 0 Å². The van der Waals surface area contributed by atoms with Gasteiger partial charge in [-0.25, -0.2) is 0 Å². The molecular formula is C20H16FN7O11S3. The molecule has 0 aliphatic heterocycles. The largest absolute Gasteiger partial charge is 0.505 e. The maximum absolute atomic E-state index is 13.4. The van der Waals surface area contributed by atoms with Crippen molar-refractivity contribution in [2.45, 2.75) is 14.7 Å². The molecule has 0 unspecified atom stereocenters. The molecule has 42 heavy (non-hydrogen) atoms. The summed E-state index contributed by atoms with van der Waals surface area (Å²) >= 11 is 0. The average Bonchev–Trinajstić information content (AvgIpc) is 2.85. The number of methoxy groups -OCH3 is 1. The molecule has 0 aliphatic carbocycles. The second-order valence-corrected chi connectivity index (χ2v) is 12.2. The minimum atomic E-state index is -5.17. The van der Waals surface area contributed by atoms with Gasteiger partial charge in [0.1, 0.15) is 31.8 Å². The molecule has 3 aromatic carbocycles. The number of nitrogens with one attached hydrogen (secondary N) is 1. The Bertz CT molecular complexity index is 2110. The monoisotopic (exact) mass is 645 g/mol. The molecule has 0 spiro atoms. The fourth-order valence-corrected chi connectivity index (χ4v) is 5.49. The number of phenolic OH excluding ortho intramolecular Hbond substituents is 1. The predicted octanol–water partition coefficient (Wildman–Crippen LogP) is 2.36. The van der Waals surface area contributed by atoms with Crippen LogP contribution in [0.25, 0.3) is 10.8 Å². The van der Waals surface area contributed by atoms with E-state index in [4.69, 9.17) is 10.5 Å². The lowest BCUT2D eigenvalue weighted by molar-refractivity contribution is 0.395. The van der Waals surface area contributed by atoms with E-state index >= 15 is 0 Å². The molecule has 0 amide bonds. The summed E-state index contributed by atoms with van der Waals surface area (Å²) in [7, 11) is -14.4. The highest BCUT2D eigenvalue weighted by atomic mass is 32.2. The number of ether oxygens (including phenoxy) is 1. The van der Waals surface area contributed by atoms with Crippen molar-refractivity contribution in [2.75, 3.05) is 18.2 Å². The third kappa shape index (κ3) is 6.32. The smallest absolute Gasteiger partial charge is 0.315 e. The summed E-state index contributed by atoms with van der Waals surface area (Å²) in [6, 6.07) is 5.56. The number of benzene rings is 3. The lowest BCUT2D eigenvalue weighted by Crippen LogP contribution is -2.05. The van der Waals surface area contributed by atoms with Crippen LogP contribution in [0.3, 0.4) is 0 Å². The Balaban J connectivity index is 1.91. The number of anilines is 3. The normalized spacial score (nSPS) is 12.6. The van der Waals surface area contributed by atoms with Crippen molar-refractivity contribution in [1.29, 1.82) is 0 Å². The van der Waals surface area contributed by atoms with Gasteiger partial charge in [-0.05, 0) is 35.7 Å². The third-order valence-corrected chi connectivity index (χ3v) is 7.89. The van der Waals surface area contributed by atoms with E-state index in [1.807, 2.05) is 0 Å². The van der Waals surface area contributed by atoms with Gasteiger partial charge in [0.15, 0.2) is 5.75 Å². The molecule has 0 saturated carbocycles. The maximum Gasteiger partial charge on any atom is 0.315 e. The Labute approximate surface area is 235 Å². The number of fused-ring (bicyclic) bond motifs is 1. The number of aromatic hydroxyl groups is 1. The average molecular weight is 646 g/mol. The molecule has 0 bridgehead atoms. The Kier molecular flexibility index (Phi) is 7.70. The van der Waals surface area contributed by atoms with Crippen LogP contribution < -0.4 is 15.8 Å². The first-order valence-electron chi connectivity index (χ1n) is 10.7. The molecule has 7 N–H and O–H groups in total. The summed E-state index contributed by atoms with van der Waals surface area (Å²) in [5.41, 5.74) is 3.64. The van der Waals surface area contributed by atoms with Crippen LogP contribution in [0, 0.1) is 6.08 Å². The van der Waals surface area contributed by atoms with Gasteiger partial charge in [0.25, 0.3) is 30.4 Å². The second-order valence-electron chi connectivity index (χ2n) is 8.02. The number of aromatic nitrogens is 3. The zero-order chi connectivity index (χ0) is 31.2. The van der Waals surface area contributed by atoms with Gasteiger partial charge in [0, 0.05) is 17.1 Å². The van der Waals surface area contributed by atoms with Gasteiger partial charge in [0.05, 0.1) is 7.11 Å². The van der Waals surface area contributed by atoms with E-state index in [1.54, 1.807) is 0 Å². The lowest BCUT2D eigenvalue weighted by atomic mass is 10.1. The molecule has 0 atom stereocenters. The van der Waals surface area contributed by atoms with E-state index in [9.17, 15) is 48.4 Å². The van der Waals surface area contributed by atoms with Crippen LogP contribution in [0.1, 0.15) is 0 Å². The highest BCUT2D eigenvalue weighted by molar-refractivity contribution is 7.86. The fraction of sp³-hybridized carbons (Fsp3) is 0.0500. The molecule has 1 heterocycles. The molecule has 0 saturated heterocycles. The van der Waals surface area contributed by atoms with E-state index < -0.39 is 79.9 Å². The van der Waals surface area contributed by atoms with Crippen LogP contribution in [0.15, 0.2) is 61.3 Å². The third-order valence-electron chi connectivity index (χ3n) is 5.27. The van der Waals surface area contributed by atoms with Gasteiger partial charge in [0.2, 0.25) is 11.9 Å². The van der Waals surface area contributed by atoms with E-state index in [1.165, 1.54) is 18.2 Å². The topological polar surface area (TPSA) is 294 Å². The van der Waals surface area contributed by atoms with E-state index in [0.29, 0.717) is 12.1 Å². The standard InChI is InChI=1S/C20H16FN7O11S3/c1-39-12-7-13(40(30,31)32)11(6-14(12)41(33,34)35)27-28-16-15(42(36,37)38)5-8-4-9(2-3-10(8)17(16)29)23-20-25-18(21)24-19(22)26-20/h2-7,29H,1H3,(H,30,31,32)(H,33,34,35)(H,36,37,38)(H3,22,23,24,25,26)/b28-27+. The first-order chi connectivity index (χ1) is 19.4. The summed E-state index contributed by atoms with van der Waals surface area (Å²) in [5, 5.41) is 20.3. The SMILES string of the molecule is COc1cc(S(=O)(=O)O)c(/N=N/c2c(S(=O)(=O)O)cc3cc(Nc4nc(N)nc(F)n4)ccc3c2O)cc1S(=O)(=O)O. The Morgan fingerprint density at radius 2 is 1.50 bits per heavy atom. The van der Waals surface area contributed by atoms with Crippen LogP contribution >= 0.6 is 0 Å². The lowest BCUT2D eigenvalue weighted by Gasteiger charge is -2.12. The first-order valence-corrected chi connectivity index (χ1v) is 15.0. The van der Waals surface area contributed by atoms with Crippen LogP contribution in [-0.2, 0) is 30.4 Å². The van der Waals surface area contributed by atoms with E-state index in [0.717, 1.165) is 13.2 Å². The highest BCUT2D eigenvalue weighted by Gasteiger charge is 2.26. The number of phenols is 1. The predicted molar refractivity (Wildman–Crippen MR) is 140 cm³/mol. The van der Waals surface area contributed by atoms with Crippen molar-refractivity contribution in [2.24, 2.45) is 10.2 Å². The van der Waals surface area contributed by atoms with Crippen LogP contribution in [0.2, 0.25) is 0 Å². The highest BCUT2D eigenvalue weighted by Crippen LogP contribution is 2.43. The Morgan fingerprint density at radius 1 is 0.857 bits per heavy atom. The van der Waals surface area contributed by atoms with Gasteiger partial charge in [-0.2, -0.15) is 44.6 Å². The van der Waals surface area contributed by atoms with Crippen molar-refractivity contribution in [1.82, 2.24) is 15.0 Å². The Hall–Kier alpha value is -4.61. The minimum Gasteiger partial charge on any atom is -0.505 e. The van der Waals surface area contributed by atoms with Crippen molar-refractivity contribution >= 4 is 70.1 Å². The van der Waals surface area contributed by atoms with Crippen molar-refractivity contribution in [3.8, 4) is 11.5 Å². The number of nitrogen functional groups attached to an aromatic ring is 1. The molecule has 0 aliphatic rings. The Morgan fingerprint density at radius 3 is 2.07 bits per heavy atom. The maximum atomic E-state index is 13.4. The molecule has 0 fully saturated rings. The van der Waals surface area contributed by atoms with Gasteiger partial charge < -0.3 is 20.9 Å². The summed E-state index contributed by atoms with van der Waals surface area (Å²) < 4.78 is 119. The molecule has 222 valence electrons. The van der Waals surface area contributed by atoms with E-state index in [-0.39, 0.29) is 22.4 Å². The molecular weight excluding hydrogens is 629 g/mol. The number of azo groups is 1. The summed E-state index contributed by atoms with van der Waals surface area (Å²) in [6.07, 6.45) is -1.19. The zero-order valence-electron chi connectivity index (χ0n) is 20.5. The number of hydrogen-bond acceptors (Lipinski definition) is 15. The number of rotatable bonds is 8. The van der Waals surface area contributed by atoms with Gasteiger partial charge in [-0.15, -0.1) is 10.2 Å². The van der Waals surface area contributed by atoms with E-state index in [2.05, 4.69) is 30.5 Å². The first kappa shape index (κ1) is 30.4. The fourth-order valence-electron chi connectivity index (χ4n) is 3.55. The number of nitrogens with zero attached hydrogens (tertiary/aromatic N) is 5. The van der Waals surface area contributed by atoms with Crippen LogP contribution in [0.5, 0.6) is 11.5 Å². The summed E-state index contributed by atoms with van der Waals surface area (Å²) in [6.45, 7) is 0. The van der Waals surface area contributed by atoms with Crippen LogP contribution in [0.4, 0.5) is 33.3 Å². The number of hydrogen-bond donors (Lipinski definition) is 6. The zero-order valence-corrected chi connectivity index (χ0v) is 23.0. The quantitative estimate of drug-likeness (QED) is 0.118. The minimum absolute atomic E-state index is 0.0386. The van der Waals surface area contributed by atoms with Crippen molar-refractivity contribution < 1.29 is 53.1 Å². The molecule has 22 heteroatoms. The molecule has 4 aromatic rings. The number of halogens is 1. The number of nitrogens with two attached hydrogens (primary N) is 1. The van der Waals surface area contributed by atoms with Gasteiger partial charge in [-0.3, -0.25) is 13.7 Å².